The highest BCUT2D eigenvalue weighted by molar-refractivity contribution is 7.38. The molecule has 0 spiro atoms. The molecular weight excluding hydrogens is 196 g/mol. The number of rotatable bonds is 2. The molecule has 2 unspecified atom stereocenters. The minimum atomic E-state index is 0.0664. The van der Waals surface area contributed by atoms with Gasteiger partial charge in [0.2, 0.25) is 0 Å². The van der Waals surface area contributed by atoms with E-state index in [0.29, 0.717) is 0 Å². The summed E-state index contributed by atoms with van der Waals surface area (Å²) in [5.74, 6) is 0. The van der Waals surface area contributed by atoms with Gasteiger partial charge in [0.05, 0.1) is 0 Å². The van der Waals surface area contributed by atoms with Crippen LogP contribution in [-0.4, -0.2) is 7.05 Å². The molecule has 0 aliphatic heterocycles. The second-order valence-electron chi connectivity index (χ2n) is 3.51. The molecule has 13 heavy (non-hydrogen) atoms. The van der Waals surface area contributed by atoms with Crippen molar-refractivity contribution in [2.24, 2.45) is 0 Å². The zero-order valence-corrected chi connectivity index (χ0v) is 10.7. The molecule has 2 atom stereocenters. The van der Waals surface area contributed by atoms with Crippen molar-refractivity contribution in [1.82, 2.24) is 0 Å². The first-order valence-electron chi connectivity index (χ1n) is 4.32. The largest absolute Gasteiger partial charge is 0.388 e. The average Bonchev–Trinajstić information content (AvgIpc) is 2.02. The van der Waals surface area contributed by atoms with Crippen LogP contribution < -0.4 is 5.32 Å². The van der Waals surface area contributed by atoms with Crippen molar-refractivity contribution in [1.29, 1.82) is 0 Å². The van der Waals surface area contributed by atoms with Crippen LogP contribution in [0.25, 0.3) is 0 Å². The van der Waals surface area contributed by atoms with Crippen molar-refractivity contribution in [2.75, 3.05) is 12.4 Å². The summed E-state index contributed by atoms with van der Waals surface area (Å²) in [5.41, 5.74) is 3.86. The third-order valence-corrected chi connectivity index (χ3v) is 2.81. The Bertz CT molecular complexity index is 302. The van der Waals surface area contributed by atoms with E-state index >= 15 is 0 Å². The maximum Gasteiger partial charge on any atom is 0.0370 e. The molecule has 0 aliphatic rings. The highest BCUT2D eigenvalue weighted by atomic mass is 31.1. The third kappa shape index (κ3) is 2.42. The standard InChI is InChI=1S/C10H17NP2/c1-7-8(10(2,12)13)5-4-6-9(7)11-3/h4-6,11H,12-13H2,1-3H3. The van der Waals surface area contributed by atoms with Crippen molar-refractivity contribution in [2.45, 2.75) is 18.7 Å². The van der Waals surface area contributed by atoms with Gasteiger partial charge in [-0.15, -0.1) is 18.5 Å². The van der Waals surface area contributed by atoms with E-state index < -0.39 is 0 Å². The molecule has 1 aromatic rings. The van der Waals surface area contributed by atoms with Gasteiger partial charge in [0.15, 0.2) is 0 Å². The Balaban J connectivity index is 3.24. The van der Waals surface area contributed by atoms with E-state index in [4.69, 9.17) is 0 Å². The maximum absolute atomic E-state index is 3.19. The molecule has 0 heterocycles. The van der Waals surface area contributed by atoms with Gasteiger partial charge in [-0.2, -0.15) is 0 Å². The van der Waals surface area contributed by atoms with E-state index in [-0.39, 0.29) is 4.90 Å². The van der Waals surface area contributed by atoms with Crippen LogP contribution in [0, 0.1) is 6.92 Å². The van der Waals surface area contributed by atoms with Crippen LogP contribution in [-0.2, 0) is 4.90 Å². The van der Waals surface area contributed by atoms with E-state index in [1.807, 2.05) is 7.05 Å². The lowest BCUT2D eigenvalue weighted by atomic mass is 10.0. The molecule has 1 rings (SSSR count). The van der Waals surface area contributed by atoms with Gasteiger partial charge in [0.25, 0.3) is 0 Å². The highest BCUT2D eigenvalue weighted by Crippen LogP contribution is 2.40. The van der Waals surface area contributed by atoms with Crippen LogP contribution in [0.2, 0.25) is 0 Å². The molecule has 0 radical (unpaired) electrons. The second kappa shape index (κ2) is 3.95. The molecule has 0 aliphatic carbocycles. The Morgan fingerprint density at radius 2 is 1.92 bits per heavy atom. The van der Waals surface area contributed by atoms with Crippen LogP contribution in [0.3, 0.4) is 0 Å². The lowest BCUT2D eigenvalue weighted by Crippen LogP contribution is -2.06. The zero-order valence-electron chi connectivity index (χ0n) is 8.39. The van der Waals surface area contributed by atoms with Crippen LogP contribution in [0.15, 0.2) is 18.2 Å². The van der Waals surface area contributed by atoms with E-state index in [2.05, 4.69) is 55.8 Å². The zero-order chi connectivity index (χ0) is 10.1. The third-order valence-electron chi connectivity index (χ3n) is 2.18. The Hall–Kier alpha value is -0.120. The second-order valence-corrected chi connectivity index (χ2v) is 6.58. The fraction of sp³-hybridized carbons (Fsp3) is 0.400. The summed E-state index contributed by atoms with van der Waals surface area (Å²) in [7, 11) is 7.64. The van der Waals surface area contributed by atoms with Gasteiger partial charge in [-0.3, -0.25) is 0 Å². The number of hydrogen-bond donors (Lipinski definition) is 1. The van der Waals surface area contributed by atoms with Crippen molar-refractivity contribution < 1.29 is 0 Å². The quantitative estimate of drug-likeness (QED) is 0.745. The topological polar surface area (TPSA) is 12.0 Å². The summed E-state index contributed by atoms with van der Waals surface area (Å²) in [6.07, 6.45) is 0. The van der Waals surface area contributed by atoms with E-state index in [9.17, 15) is 0 Å². The van der Waals surface area contributed by atoms with Gasteiger partial charge in [0, 0.05) is 17.6 Å². The van der Waals surface area contributed by atoms with Crippen LogP contribution >= 0.6 is 18.5 Å². The maximum atomic E-state index is 3.19. The lowest BCUT2D eigenvalue weighted by Gasteiger charge is -2.22. The Labute approximate surface area is 85.1 Å². The number of benzene rings is 1. The Morgan fingerprint density at radius 1 is 1.31 bits per heavy atom. The first-order valence-corrected chi connectivity index (χ1v) is 5.48. The van der Waals surface area contributed by atoms with Crippen molar-refractivity contribution in [3.05, 3.63) is 29.3 Å². The normalized spacial score (nSPS) is 11.5. The van der Waals surface area contributed by atoms with Crippen LogP contribution in [0.5, 0.6) is 0 Å². The predicted molar refractivity (Wildman–Crippen MR) is 67.5 cm³/mol. The smallest absolute Gasteiger partial charge is 0.0370 e. The van der Waals surface area contributed by atoms with Gasteiger partial charge in [-0.05, 0) is 31.0 Å². The number of hydrogen-bond acceptors (Lipinski definition) is 1. The van der Waals surface area contributed by atoms with Crippen LogP contribution in [0.4, 0.5) is 5.69 Å². The number of nitrogens with one attached hydrogen (secondary N) is 1. The number of anilines is 1. The van der Waals surface area contributed by atoms with E-state index in [1.54, 1.807) is 0 Å². The van der Waals surface area contributed by atoms with E-state index in [1.165, 1.54) is 16.8 Å². The average molecular weight is 213 g/mol. The lowest BCUT2D eigenvalue weighted by molar-refractivity contribution is 0.996. The van der Waals surface area contributed by atoms with Gasteiger partial charge >= 0.3 is 0 Å². The van der Waals surface area contributed by atoms with Gasteiger partial charge in [-0.1, -0.05) is 12.1 Å². The van der Waals surface area contributed by atoms with Gasteiger partial charge in [0.1, 0.15) is 0 Å². The molecule has 1 nitrogen and oxygen atoms in total. The minimum absolute atomic E-state index is 0.0664. The summed E-state index contributed by atoms with van der Waals surface area (Å²) in [6, 6.07) is 6.34. The molecule has 1 N–H and O–H groups in total. The van der Waals surface area contributed by atoms with Crippen molar-refractivity contribution >= 4 is 24.2 Å². The summed E-state index contributed by atoms with van der Waals surface area (Å²) in [4.78, 5) is 0.0664. The fourth-order valence-corrected chi connectivity index (χ4v) is 2.12. The van der Waals surface area contributed by atoms with Crippen LogP contribution in [0.1, 0.15) is 18.1 Å². The molecule has 0 bridgehead atoms. The summed E-state index contributed by atoms with van der Waals surface area (Å²) in [5, 5.41) is 3.19. The monoisotopic (exact) mass is 213 g/mol. The van der Waals surface area contributed by atoms with E-state index in [0.717, 1.165) is 0 Å². The van der Waals surface area contributed by atoms with Gasteiger partial charge < -0.3 is 5.32 Å². The molecule has 0 fully saturated rings. The Kier molecular flexibility index (Phi) is 3.33. The molecule has 72 valence electrons. The summed E-state index contributed by atoms with van der Waals surface area (Å²) >= 11 is 0. The molecule has 1 aromatic carbocycles. The van der Waals surface area contributed by atoms with Crippen molar-refractivity contribution in [3.63, 3.8) is 0 Å². The molecule has 0 saturated heterocycles. The molecular formula is C10H17NP2. The predicted octanol–water partition coefficient (Wildman–Crippen LogP) is 2.96. The first-order chi connectivity index (χ1) is 5.96. The van der Waals surface area contributed by atoms with Crippen molar-refractivity contribution in [3.8, 4) is 0 Å². The Morgan fingerprint density at radius 3 is 2.38 bits per heavy atom. The molecule has 0 saturated carbocycles. The minimum Gasteiger partial charge on any atom is -0.388 e. The fourth-order valence-electron chi connectivity index (χ4n) is 1.49. The molecule has 3 heteroatoms. The van der Waals surface area contributed by atoms with Gasteiger partial charge in [-0.25, -0.2) is 0 Å². The molecule has 0 amide bonds. The summed E-state index contributed by atoms with van der Waals surface area (Å²) in [6.45, 7) is 4.32. The molecule has 0 aromatic heterocycles. The SMILES string of the molecule is CNc1cccc(C(C)(P)P)c1C. The highest BCUT2D eigenvalue weighted by Gasteiger charge is 2.17. The first kappa shape index (κ1) is 11.0. The summed E-state index contributed by atoms with van der Waals surface area (Å²) < 4.78 is 0.